The molecule has 2 unspecified atom stereocenters. The number of aliphatic hydroxyl groups excluding tert-OH is 1. The predicted molar refractivity (Wildman–Crippen MR) is 96.2 cm³/mol. The van der Waals surface area contributed by atoms with Crippen LogP contribution in [0.2, 0.25) is 0 Å². The average Bonchev–Trinajstić information content (AvgIpc) is 2.56. The molecule has 0 bridgehead atoms. The molecule has 2 atom stereocenters. The van der Waals surface area contributed by atoms with Crippen molar-refractivity contribution in [3.05, 3.63) is 57.2 Å². The summed E-state index contributed by atoms with van der Waals surface area (Å²) < 4.78 is 39.3. The van der Waals surface area contributed by atoms with Crippen LogP contribution in [0.5, 0.6) is 0 Å². The van der Waals surface area contributed by atoms with E-state index in [0.29, 0.717) is 35.2 Å². The highest BCUT2D eigenvalue weighted by Crippen LogP contribution is 2.45. The van der Waals surface area contributed by atoms with Gasteiger partial charge in [0, 0.05) is 28.3 Å². The van der Waals surface area contributed by atoms with E-state index in [1.165, 1.54) is 6.07 Å². The maximum Gasteiger partial charge on any atom is 0.433 e. The summed E-state index contributed by atoms with van der Waals surface area (Å²) in [6, 6.07) is 2.04. The van der Waals surface area contributed by atoms with Crippen molar-refractivity contribution in [1.82, 2.24) is 9.97 Å². The molecule has 2 aromatic heterocycles. The third-order valence-corrected chi connectivity index (χ3v) is 5.83. The summed E-state index contributed by atoms with van der Waals surface area (Å²) in [7, 11) is 0. The van der Waals surface area contributed by atoms with Crippen LogP contribution in [0.3, 0.4) is 0 Å². The van der Waals surface area contributed by atoms with Gasteiger partial charge in [0.15, 0.2) is 5.78 Å². The minimum absolute atomic E-state index is 0.106. The van der Waals surface area contributed by atoms with Crippen molar-refractivity contribution < 1.29 is 23.1 Å². The van der Waals surface area contributed by atoms with Gasteiger partial charge in [-0.1, -0.05) is 20.8 Å². The van der Waals surface area contributed by atoms with Gasteiger partial charge in [0.1, 0.15) is 5.69 Å². The SMILES string of the molecule is Cc1c2c(nc3c1C(O)CC(C)(C)C3)C(C)c1nc(C(F)(F)F)ccc1C2=O. The van der Waals surface area contributed by atoms with E-state index in [4.69, 9.17) is 0 Å². The van der Waals surface area contributed by atoms with E-state index in [9.17, 15) is 23.1 Å². The van der Waals surface area contributed by atoms with Gasteiger partial charge in [0.05, 0.1) is 17.5 Å². The van der Waals surface area contributed by atoms with Crippen LogP contribution < -0.4 is 0 Å². The molecule has 2 aliphatic rings. The molecule has 0 aliphatic heterocycles. The van der Waals surface area contributed by atoms with Crippen molar-refractivity contribution in [2.75, 3.05) is 0 Å². The highest BCUT2D eigenvalue weighted by Gasteiger charge is 2.41. The average molecular weight is 390 g/mol. The quantitative estimate of drug-likeness (QED) is 0.719. The monoisotopic (exact) mass is 390 g/mol. The van der Waals surface area contributed by atoms with E-state index in [-0.39, 0.29) is 22.5 Å². The first-order chi connectivity index (χ1) is 12.9. The maximum absolute atomic E-state index is 13.1. The number of aromatic nitrogens is 2. The molecule has 0 amide bonds. The van der Waals surface area contributed by atoms with Crippen molar-refractivity contribution >= 4 is 5.78 Å². The number of aliphatic hydroxyl groups is 1. The Hall–Kier alpha value is -2.28. The molecular formula is C21H21F3N2O2. The zero-order valence-electron chi connectivity index (χ0n) is 16.1. The van der Waals surface area contributed by atoms with Gasteiger partial charge in [-0.25, -0.2) is 4.98 Å². The lowest BCUT2D eigenvalue weighted by molar-refractivity contribution is -0.141. The summed E-state index contributed by atoms with van der Waals surface area (Å²) >= 11 is 0. The molecule has 1 N–H and O–H groups in total. The molecule has 0 spiro atoms. The number of alkyl halides is 3. The first-order valence-corrected chi connectivity index (χ1v) is 9.25. The fourth-order valence-electron chi connectivity index (χ4n) is 4.55. The van der Waals surface area contributed by atoms with Crippen molar-refractivity contribution in [1.29, 1.82) is 0 Å². The predicted octanol–water partition coefficient (Wildman–Crippen LogP) is 4.51. The summed E-state index contributed by atoms with van der Waals surface area (Å²) in [6.07, 6.45) is -4.09. The number of carbonyl (C=O) groups excluding carboxylic acids is 1. The van der Waals surface area contributed by atoms with Crippen LogP contribution in [-0.4, -0.2) is 20.9 Å². The van der Waals surface area contributed by atoms with Crippen molar-refractivity contribution in [2.45, 2.75) is 58.7 Å². The maximum atomic E-state index is 13.1. The van der Waals surface area contributed by atoms with Crippen molar-refractivity contribution in [3.63, 3.8) is 0 Å². The summed E-state index contributed by atoms with van der Waals surface area (Å²) in [5, 5.41) is 10.7. The van der Waals surface area contributed by atoms with E-state index in [2.05, 4.69) is 9.97 Å². The molecule has 4 rings (SSSR count). The van der Waals surface area contributed by atoms with Gasteiger partial charge in [-0.15, -0.1) is 0 Å². The van der Waals surface area contributed by atoms with Gasteiger partial charge >= 0.3 is 6.18 Å². The lowest BCUT2D eigenvalue weighted by Crippen LogP contribution is -2.31. The summed E-state index contributed by atoms with van der Waals surface area (Å²) in [6.45, 7) is 7.59. The van der Waals surface area contributed by atoms with Crippen molar-refractivity contribution in [3.8, 4) is 0 Å². The lowest BCUT2D eigenvalue weighted by Gasteiger charge is -2.37. The second-order valence-electron chi connectivity index (χ2n) is 8.60. The Balaban J connectivity index is 1.93. The van der Waals surface area contributed by atoms with Gasteiger partial charge in [-0.05, 0) is 42.9 Å². The number of hydrogen-bond acceptors (Lipinski definition) is 4. The lowest BCUT2D eigenvalue weighted by atomic mass is 9.71. The number of nitrogens with zero attached hydrogens (tertiary/aromatic N) is 2. The summed E-state index contributed by atoms with van der Waals surface area (Å²) in [5.74, 6) is -0.926. The zero-order valence-corrected chi connectivity index (χ0v) is 16.1. The molecule has 0 aromatic carbocycles. The van der Waals surface area contributed by atoms with E-state index in [1.54, 1.807) is 13.8 Å². The van der Waals surface area contributed by atoms with Crippen LogP contribution >= 0.6 is 0 Å². The Morgan fingerprint density at radius 3 is 2.50 bits per heavy atom. The second-order valence-corrected chi connectivity index (χ2v) is 8.60. The fourth-order valence-corrected chi connectivity index (χ4v) is 4.55. The van der Waals surface area contributed by atoms with E-state index in [1.807, 2.05) is 13.8 Å². The molecular weight excluding hydrogens is 369 g/mol. The van der Waals surface area contributed by atoms with Crippen LogP contribution in [0.4, 0.5) is 13.2 Å². The largest absolute Gasteiger partial charge is 0.433 e. The Kier molecular flexibility index (Phi) is 3.99. The number of halogens is 3. The molecule has 2 aliphatic carbocycles. The Labute approximate surface area is 160 Å². The molecule has 7 heteroatoms. The molecule has 148 valence electrons. The molecule has 4 nitrogen and oxygen atoms in total. The fraction of sp³-hybridized carbons (Fsp3) is 0.476. The summed E-state index contributed by atoms with van der Waals surface area (Å²) in [5.41, 5.74) is 2.02. The number of rotatable bonds is 0. The van der Waals surface area contributed by atoms with E-state index < -0.39 is 23.9 Å². The molecule has 2 aromatic rings. The minimum atomic E-state index is -4.58. The van der Waals surface area contributed by atoms with E-state index >= 15 is 0 Å². The standard InChI is InChI=1S/C21H21F3N2O2/c1-9-15-12(7-20(3,4)8-13(15)27)25-18-10(2)17-11(19(28)16(9)18)5-6-14(26-17)21(22,23)24/h5-6,10,13,27H,7-8H2,1-4H3. The number of pyridine rings is 2. The third-order valence-electron chi connectivity index (χ3n) is 5.83. The second kappa shape index (κ2) is 5.86. The van der Waals surface area contributed by atoms with Gasteiger partial charge < -0.3 is 5.11 Å². The molecule has 2 heterocycles. The first-order valence-electron chi connectivity index (χ1n) is 9.25. The van der Waals surface area contributed by atoms with Gasteiger partial charge in [-0.2, -0.15) is 13.2 Å². The first kappa shape index (κ1) is 19.1. The number of ketones is 1. The molecule has 0 saturated heterocycles. The molecule has 28 heavy (non-hydrogen) atoms. The zero-order chi connectivity index (χ0) is 20.6. The van der Waals surface area contributed by atoms with Crippen LogP contribution in [-0.2, 0) is 12.6 Å². The highest BCUT2D eigenvalue weighted by molar-refractivity contribution is 6.13. The topological polar surface area (TPSA) is 63.1 Å². The Morgan fingerprint density at radius 2 is 1.86 bits per heavy atom. The van der Waals surface area contributed by atoms with Crippen LogP contribution in [0, 0.1) is 12.3 Å². The van der Waals surface area contributed by atoms with Crippen molar-refractivity contribution in [2.24, 2.45) is 5.41 Å². The van der Waals surface area contributed by atoms with Crippen LogP contribution in [0.25, 0.3) is 0 Å². The summed E-state index contributed by atoms with van der Waals surface area (Å²) in [4.78, 5) is 21.6. The van der Waals surface area contributed by atoms with Gasteiger partial charge in [0.25, 0.3) is 0 Å². The highest BCUT2D eigenvalue weighted by atomic mass is 19.4. The molecule has 0 fully saturated rings. The minimum Gasteiger partial charge on any atom is -0.388 e. The third kappa shape index (κ3) is 2.75. The number of hydrogen-bond donors (Lipinski definition) is 1. The van der Waals surface area contributed by atoms with Gasteiger partial charge in [-0.3, -0.25) is 9.78 Å². The Morgan fingerprint density at radius 1 is 1.18 bits per heavy atom. The molecule has 0 saturated carbocycles. The normalized spacial score (nSPS) is 23.1. The van der Waals surface area contributed by atoms with Gasteiger partial charge in [0.2, 0.25) is 0 Å². The van der Waals surface area contributed by atoms with Crippen LogP contribution in [0.15, 0.2) is 12.1 Å². The van der Waals surface area contributed by atoms with Crippen LogP contribution in [0.1, 0.15) is 89.0 Å². The van der Waals surface area contributed by atoms with E-state index in [0.717, 1.165) is 11.8 Å². The molecule has 0 radical (unpaired) electrons. The number of fused-ring (bicyclic) bond motifs is 3. The number of carbonyl (C=O) groups is 1. The Bertz CT molecular complexity index is 1010. The smallest absolute Gasteiger partial charge is 0.388 e.